The van der Waals surface area contributed by atoms with Gasteiger partial charge in [-0.1, -0.05) is 23.2 Å². The largest absolute Gasteiger partial charge is 0.340 e. The molecule has 0 saturated carbocycles. The van der Waals surface area contributed by atoms with E-state index in [1.807, 2.05) is 0 Å². The zero-order chi connectivity index (χ0) is 23.3. The number of likely N-dealkylation sites (N-methyl/N-ethyl adjacent to an activating group) is 1. The average Bonchev–Trinajstić information content (AvgIpc) is 3.02. The summed E-state index contributed by atoms with van der Waals surface area (Å²) >= 11 is 11.7. The molecule has 1 heterocycles. The summed E-state index contributed by atoms with van der Waals surface area (Å²) in [7, 11) is -2.45. The lowest BCUT2D eigenvalue weighted by Crippen LogP contribution is -2.43. The molecule has 172 valence electrons. The van der Waals surface area contributed by atoms with Gasteiger partial charge in [-0.2, -0.15) is 4.31 Å². The van der Waals surface area contributed by atoms with Gasteiger partial charge in [0.1, 0.15) is 0 Å². The summed E-state index contributed by atoms with van der Waals surface area (Å²) in [5, 5.41) is 3.82. The van der Waals surface area contributed by atoms with E-state index in [9.17, 15) is 18.0 Å². The number of halogens is 2. The van der Waals surface area contributed by atoms with E-state index in [1.54, 1.807) is 34.1 Å². The first-order valence-corrected chi connectivity index (χ1v) is 12.2. The molecule has 0 unspecified atom stereocenters. The molecule has 1 aliphatic heterocycles. The number of amides is 3. The number of sulfonamides is 1. The lowest BCUT2D eigenvalue weighted by molar-refractivity contribution is -0.131. The first kappa shape index (κ1) is 24.3. The van der Waals surface area contributed by atoms with Crippen LogP contribution in [0, 0.1) is 0 Å². The van der Waals surface area contributed by atoms with Crippen molar-refractivity contribution >= 4 is 50.9 Å². The molecule has 0 radical (unpaired) electrons. The molecule has 0 atom stereocenters. The Bertz CT molecular complexity index is 1060. The molecule has 0 aliphatic carbocycles. The monoisotopic (exact) mass is 498 g/mol. The summed E-state index contributed by atoms with van der Waals surface area (Å²) in [6, 6.07) is 12.3. The maximum atomic E-state index is 12.8. The third-order valence-corrected chi connectivity index (χ3v) is 7.43. The zero-order valence-electron chi connectivity index (χ0n) is 17.5. The molecule has 1 N–H and O–H groups in total. The minimum atomic E-state index is -3.82. The Morgan fingerprint density at radius 1 is 0.906 bits per heavy atom. The molecule has 8 nitrogen and oxygen atoms in total. The molecule has 1 fully saturated rings. The fraction of sp³-hybridized carbons (Fsp3) is 0.333. The lowest BCUT2D eigenvalue weighted by atomic mass is 10.3. The molecule has 0 aromatic heterocycles. The number of carbonyl (C=O) groups is 2. The molecule has 2 aromatic rings. The van der Waals surface area contributed by atoms with Crippen LogP contribution in [0.25, 0.3) is 0 Å². The Hall–Kier alpha value is -2.33. The first-order valence-electron chi connectivity index (χ1n) is 9.98. The number of hydrogen-bond acceptors (Lipinski definition) is 4. The highest BCUT2D eigenvalue weighted by molar-refractivity contribution is 7.89. The molecule has 1 aliphatic rings. The Kier molecular flexibility index (Phi) is 8.00. The first-order chi connectivity index (χ1) is 15.2. The Morgan fingerprint density at radius 2 is 1.44 bits per heavy atom. The van der Waals surface area contributed by atoms with Gasteiger partial charge in [-0.3, -0.25) is 4.79 Å². The van der Waals surface area contributed by atoms with Crippen LogP contribution in [0.5, 0.6) is 0 Å². The summed E-state index contributed by atoms with van der Waals surface area (Å²) in [5.41, 5.74) is 0.630. The Balaban J connectivity index is 1.56. The van der Waals surface area contributed by atoms with Crippen molar-refractivity contribution in [2.75, 3.05) is 45.1 Å². The van der Waals surface area contributed by atoms with Crippen molar-refractivity contribution in [1.82, 2.24) is 14.1 Å². The average molecular weight is 499 g/mol. The third kappa shape index (κ3) is 6.13. The van der Waals surface area contributed by atoms with Gasteiger partial charge in [0.05, 0.1) is 11.4 Å². The second-order valence-corrected chi connectivity index (χ2v) is 10.3. The van der Waals surface area contributed by atoms with Gasteiger partial charge in [-0.15, -0.1) is 0 Å². The summed E-state index contributed by atoms with van der Waals surface area (Å²) in [6.07, 6.45) is 0.591. The predicted octanol–water partition coefficient (Wildman–Crippen LogP) is 3.38. The van der Waals surface area contributed by atoms with Crippen LogP contribution >= 0.6 is 23.2 Å². The lowest BCUT2D eigenvalue weighted by Gasteiger charge is -2.24. The number of carbonyl (C=O) groups excluding carboxylic acids is 2. The number of benzene rings is 2. The van der Waals surface area contributed by atoms with Crippen LogP contribution in [-0.2, 0) is 14.8 Å². The smallest absolute Gasteiger partial charge is 0.321 e. The minimum Gasteiger partial charge on any atom is -0.340 e. The number of anilines is 1. The van der Waals surface area contributed by atoms with Crippen molar-refractivity contribution < 1.29 is 18.0 Å². The van der Waals surface area contributed by atoms with Gasteiger partial charge in [-0.05, 0) is 55.0 Å². The molecular weight excluding hydrogens is 475 g/mol. The summed E-state index contributed by atoms with van der Waals surface area (Å²) in [6.45, 7) is 1.31. The highest BCUT2D eigenvalue weighted by Crippen LogP contribution is 2.18. The van der Waals surface area contributed by atoms with Crippen molar-refractivity contribution in [2.45, 2.75) is 11.3 Å². The summed E-state index contributed by atoms with van der Waals surface area (Å²) in [5.74, 6) is -0.315. The van der Waals surface area contributed by atoms with Crippen LogP contribution in [0.15, 0.2) is 53.4 Å². The van der Waals surface area contributed by atoms with Gasteiger partial charge in [0.25, 0.3) is 0 Å². The van der Waals surface area contributed by atoms with Crippen molar-refractivity contribution in [1.29, 1.82) is 0 Å². The maximum absolute atomic E-state index is 12.8. The topological polar surface area (TPSA) is 90.0 Å². The van der Waals surface area contributed by atoms with Crippen LogP contribution in [0.3, 0.4) is 0 Å². The standard InChI is InChI=1S/C21H24Cl2N4O4S/c1-25(32(30,31)19-9-5-17(23)6-10-19)15-20(28)26-11-2-12-27(14-13-26)21(29)24-18-7-3-16(22)4-8-18/h3-10H,2,11-15H2,1H3,(H,24,29). The van der Waals surface area contributed by atoms with Gasteiger partial charge in [0.2, 0.25) is 15.9 Å². The van der Waals surface area contributed by atoms with E-state index in [0.29, 0.717) is 48.3 Å². The van der Waals surface area contributed by atoms with Crippen LogP contribution in [0.2, 0.25) is 10.0 Å². The second kappa shape index (κ2) is 10.5. The van der Waals surface area contributed by atoms with Gasteiger partial charge in [0, 0.05) is 49.0 Å². The fourth-order valence-electron chi connectivity index (χ4n) is 3.27. The number of hydrogen-bond donors (Lipinski definition) is 1. The number of urea groups is 1. The molecule has 2 aromatic carbocycles. The SMILES string of the molecule is CN(CC(=O)N1CCCN(C(=O)Nc2ccc(Cl)cc2)CC1)S(=O)(=O)c1ccc(Cl)cc1. The van der Waals surface area contributed by atoms with Gasteiger partial charge in [-0.25, -0.2) is 13.2 Å². The van der Waals surface area contributed by atoms with E-state index in [1.165, 1.54) is 31.3 Å². The molecule has 32 heavy (non-hydrogen) atoms. The molecule has 3 amide bonds. The highest BCUT2D eigenvalue weighted by Gasteiger charge is 2.27. The highest BCUT2D eigenvalue weighted by atomic mass is 35.5. The summed E-state index contributed by atoms with van der Waals surface area (Å²) < 4.78 is 26.4. The van der Waals surface area contributed by atoms with Crippen molar-refractivity contribution in [2.24, 2.45) is 0 Å². The maximum Gasteiger partial charge on any atom is 0.321 e. The Labute approximate surface area is 197 Å². The molecular formula is C21H24Cl2N4O4S. The van der Waals surface area contributed by atoms with Crippen molar-refractivity contribution in [3.05, 3.63) is 58.6 Å². The number of nitrogens with one attached hydrogen (secondary N) is 1. The predicted molar refractivity (Wildman–Crippen MR) is 125 cm³/mol. The third-order valence-electron chi connectivity index (χ3n) is 5.11. The number of nitrogens with zero attached hydrogens (tertiary/aromatic N) is 3. The van der Waals surface area contributed by atoms with E-state index < -0.39 is 10.0 Å². The van der Waals surface area contributed by atoms with Gasteiger partial charge in [0.15, 0.2) is 0 Å². The fourth-order valence-corrected chi connectivity index (χ4v) is 4.64. The minimum absolute atomic E-state index is 0.0677. The molecule has 11 heteroatoms. The van der Waals surface area contributed by atoms with Gasteiger partial charge < -0.3 is 15.1 Å². The zero-order valence-corrected chi connectivity index (χ0v) is 19.8. The normalized spacial score (nSPS) is 14.9. The summed E-state index contributed by atoms with van der Waals surface area (Å²) in [4.78, 5) is 28.6. The van der Waals surface area contributed by atoms with E-state index in [4.69, 9.17) is 23.2 Å². The molecule has 0 bridgehead atoms. The second-order valence-electron chi connectivity index (χ2n) is 7.37. The molecule has 3 rings (SSSR count). The van der Waals surface area contributed by atoms with E-state index in [-0.39, 0.29) is 23.4 Å². The molecule has 0 spiro atoms. The van der Waals surface area contributed by atoms with Crippen LogP contribution < -0.4 is 5.32 Å². The van der Waals surface area contributed by atoms with Crippen LogP contribution in [-0.4, -0.2) is 74.2 Å². The Morgan fingerprint density at radius 3 is 2.06 bits per heavy atom. The number of rotatable bonds is 5. The van der Waals surface area contributed by atoms with Crippen LogP contribution in [0.1, 0.15) is 6.42 Å². The van der Waals surface area contributed by atoms with Crippen LogP contribution in [0.4, 0.5) is 10.5 Å². The van der Waals surface area contributed by atoms with E-state index in [2.05, 4.69) is 5.32 Å². The van der Waals surface area contributed by atoms with E-state index >= 15 is 0 Å². The van der Waals surface area contributed by atoms with E-state index in [0.717, 1.165) is 4.31 Å². The quantitative estimate of drug-likeness (QED) is 0.683. The van der Waals surface area contributed by atoms with Crippen molar-refractivity contribution in [3.63, 3.8) is 0 Å². The van der Waals surface area contributed by atoms with Crippen molar-refractivity contribution in [3.8, 4) is 0 Å². The van der Waals surface area contributed by atoms with Gasteiger partial charge >= 0.3 is 6.03 Å². The molecule has 1 saturated heterocycles.